The van der Waals surface area contributed by atoms with Crippen LogP contribution in [0.4, 0.5) is 0 Å². The molecule has 0 aromatic heterocycles. The maximum absolute atomic E-state index is 8.56. The van der Waals surface area contributed by atoms with E-state index in [1.807, 2.05) is 28.2 Å². The highest BCUT2D eigenvalue weighted by atomic mass is 16.3. The Balaban J connectivity index is 0. The van der Waals surface area contributed by atoms with Crippen LogP contribution in [-0.4, -0.2) is 60.7 Å². The molecule has 0 aliphatic rings. The van der Waals surface area contributed by atoms with Crippen molar-refractivity contribution >= 4 is 0 Å². The standard InChI is InChI=1S/2C4H11NO/c2*1-4(6)5(2)3/h2*4,6H,1-3H3. The Morgan fingerprint density at radius 3 is 0.833 bits per heavy atom. The van der Waals surface area contributed by atoms with Crippen molar-refractivity contribution in [1.82, 2.24) is 9.80 Å². The van der Waals surface area contributed by atoms with Crippen LogP contribution in [0.1, 0.15) is 13.8 Å². The molecule has 0 saturated carbocycles. The molecule has 0 heterocycles. The SMILES string of the molecule is CC(O)N(C)C.CC(O)N(C)C. The molecule has 0 spiro atoms. The molecule has 4 heteroatoms. The summed E-state index contributed by atoms with van der Waals surface area (Å²) in [6.45, 7) is 3.44. The molecule has 0 bridgehead atoms. The topological polar surface area (TPSA) is 46.9 Å². The van der Waals surface area contributed by atoms with Gasteiger partial charge in [-0.1, -0.05) is 0 Å². The Hall–Kier alpha value is -0.160. The lowest BCUT2D eigenvalue weighted by molar-refractivity contribution is 0.0576. The third-order valence-electron chi connectivity index (χ3n) is 1.49. The third-order valence-corrected chi connectivity index (χ3v) is 1.49. The molecule has 12 heavy (non-hydrogen) atoms. The minimum atomic E-state index is -0.315. The Kier molecular flexibility index (Phi) is 8.97. The second-order valence-electron chi connectivity index (χ2n) is 3.19. The summed E-state index contributed by atoms with van der Waals surface area (Å²) in [5.74, 6) is 0. The zero-order valence-corrected chi connectivity index (χ0v) is 8.94. The van der Waals surface area contributed by atoms with E-state index in [0.29, 0.717) is 0 Å². The Morgan fingerprint density at radius 1 is 0.750 bits per heavy atom. The van der Waals surface area contributed by atoms with Gasteiger partial charge in [0.05, 0.1) is 0 Å². The molecular formula is C8H22N2O2. The fourth-order valence-corrected chi connectivity index (χ4v) is 0. The molecule has 76 valence electrons. The van der Waals surface area contributed by atoms with E-state index in [0.717, 1.165) is 0 Å². The van der Waals surface area contributed by atoms with Gasteiger partial charge in [-0.2, -0.15) is 0 Å². The minimum Gasteiger partial charge on any atom is -0.379 e. The molecule has 0 saturated heterocycles. The highest BCUT2D eigenvalue weighted by Gasteiger charge is 1.92. The average molecular weight is 178 g/mol. The van der Waals surface area contributed by atoms with Crippen molar-refractivity contribution in [1.29, 1.82) is 0 Å². The number of hydrogen-bond donors (Lipinski definition) is 2. The van der Waals surface area contributed by atoms with Gasteiger partial charge < -0.3 is 10.2 Å². The first-order chi connectivity index (χ1) is 5.29. The summed E-state index contributed by atoms with van der Waals surface area (Å²) in [4.78, 5) is 3.44. The number of hydrogen-bond acceptors (Lipinski definition) is 4. The first-order valence-electron chi connectivity index (χ1n) is 3.98. The summed E-state index contributed by atoms with van der Waals surface area (Å²) in [5, 5.41) is 17.1. The van der Waals surface area contributed by atoms with Gasteiger partial charge in [0, 0.05) is 0 Å². The van der Waals surface area contributed by atoms with Crippen molar-refractivity contribution in [2.75, 3.05) is 28.2 Å². The average Bonchev–Trinajstić information content (AvgIpc) is 1.88. The van der Waals surface area contributed by atoms with Crippen molar-refractivity contribution in [2.45, 2.75) is 26.3 Å². The monoisotopic (exact) mass is 178 g/mol. The van der Waals surface area contributed by atoms with E-state index in [9.17, 15) is 0 Å². The van der Waals surface area contributed by atoms with Crippen molar-refractivity contribution < 1.29 is 10.2 Å². The van der Waals surface area contributed by atoms with Crippen LogP contribution in [0.5, 0.6) is 0 Å². The van der Waals surface area contributed by atoms with E-state index < -0.39 is 0 Å². The second kappa shape index (κ2) is 7.49. The third kappa shape index (κ3) is 12.5. The molecule has 0 aliphatic heterocycles. The Bertz CT molecular complexity index is 69.1. The lowest BCUT2D eigenvalue weighted by Crippen LogP contribution is -2.23. The number of nitrogens with zero attached hydrogens (tertiary/aromatic N) is 2. The molecule has 0 rings (SSSR count). The van der Waals surface area contributed by atoms with E-state index >= 15 is 0 Å². The summed E-state index contributed by atoms with van der Waals surface area (Å²) >= 11 is 0. The second-order valence-corrected chi connectivity index (χ2v) is 3.19. The van der Waals surface area contributed by atoms with E-state index in [2.05, 4.69) is 0 Å². The van der Waals surface area contributed by atoms with E-state index in [-0.39, 0.29) is 12.5 Å². The fraction of sp³-hybridized carbons (Fsp3) is 1.00. The molecular weight excluding hydrogens is 156 g/mol. The Morgan fingerprint density at radius 2 is 0.833 bits per heavy atom. The van der Waals surface area contributed by atoms with Crippen LogP contribution < -0.4 is 0 Å². The van der Waals surface area contributed by atoms with Gasteiger partial charge in [-0.05, 0) is 42.0 Å². The van der Waals surface area contributed by atoms with Crippen LogP contribution in [0.3, 0.4) is 0 Å². The molecule has 2 unspecified atom stereocenters. The van der Waals surface area contributed by atoms with Crippen molar-refractivity contribution in [3.8, 4) is 0 Å². The van der Waals surface area contributed by atoms with Crippen LogP contribution in [0.2, 0.25) is 0 Å². The molecule has 2 atom stereocenters. The van der Waals surface area contributed by atoms with Gasteiger partial charge in [-0.25, -0.2) is 0 Å². The van der Waals surface area contributed by atoms with Gasteiger partial charge in [0.2, 0.25) is 0 Å². The van der Waals surface area contributed by atoms with E-state index in [4.69, 9.17) is 10.2 Å². The van der Waals surface area contributed by atoms with Gasteiger partial charge in [0.25, 0.3) is 0 Å². The van der Waals surface area contributed by atoms with Crippen molar-refractivity contribution in [3.05, 3.63) is 0 Å². The molecule has 0 aromatic rings. The van der Waals surface area contributed by atoms with Crippen LogP contribution >= 0.6 is 0 Å². The quantitative estimate of drug-likeness (QED) is 0.574. The number of rotatable bonds is 2. The van der Waals surface area contributed by atoms with Crippen LogP contribution in [0.25, 0.3) is 0 Å². The molecule has 0 radical (unpaired) electrons. The zero-order chi connectivity index (χ0) is 10.3. The van der Waals surface area contributed by atoms with Crippen molar-refractivity contribution in [2.24, 2.45) is 0 Å². The van der Waals surface area contributed by atoms with Gasteiger partial charge in [-0.3, -0.25) is 9.80 Å². The summed E-state index contributed by atoms with van der Waals surface area (Å²) in [6.07, 6.45) is -0.630. The fourth-order valence-electron chi connectivity index (χ4n) is 0. The summed E-state index contributed by atoms with van der Waals surface area (Å²) < 4.78 is 0. The maximum Gasteiger partial charge on any atom is 0.104 e. The predicted octanol–water partition coefficient (Wildman–Crippen LogP) is -0.227. The van der Waals surface area contributed by atoms with Gasteiger partial charge in [-0.15, -0.1) is 0 Å². The normalized spacial score (nSPS) is 15.5. The largest absolute Gasteiger partial charge is 0.379 e. The zero-order valence-electron chi connectivity index (χ0n) is 8.94. The van der Waals surface area contributed by atoms with E-state index in [1.165, 1.54) is 0 Å². The van der Waals surface area contributed by atoms with Crippen molar-refractivity contribution in [3.63, 3.8) is 0 Å². The smallest absolute Gasteiger partial charge is 0.104 e. The summed E-state index contributed by atoms with van der Waals surface area (Å²) in [7, 11) is 7.30. The van der Waals surface area contributed by atoms with Crippen LogP contribution in [0, 0.1) is 0 Å². The van der Waals surface area contributed by atoms with Gasteiger partial charge in [0.15, 0.2) is 0 Å². The molecule has 0 aromatic carbocycles. The highest BCUT2D eigenvalue weighted by molar-refractivity contribution is 4.36. The Labute approximate surface area is 75.4 Å². The molecule has 4 nitrogen and oxygen atoms in total. The highest BCUT2D eigenvalue weighted by Crippen LogP contribution is 1.80. The van der Waals surface area contributed by atoms with Crippen LogP contribution in [-0.2, 0) is 0 Å². The lowest BCUT2D eigenvalue weighted by atomic mass is 10.6. The van der Waals surface area contributed by atoms with Gasteiger partial charge >= 0.3 is 0 Å². The van der Waals surface area contributed by atoms with E-state index in [1.54, 1.807) is 23.6 Å². The molecule has 0 fully saturated rings. The minimum absolute atomic E-state index is 0.315. The first kappa shape index (κ1) is 14.4. The van der Waals surface area contributed by atoms with Crippen LogP contribution in [0.15, 0.2) is 0 Å². The van der Waals surface area contributed by atoms with Gasteiger partial charge in [0.1, 0.15) is 12.5 Å². The first-order valence-corrected chi connectivity index (χ1v) is 3.98. The summed E-state index contributed by atoms with van der Waals surface area (Å²) in [5.41, 5.74) is 0. The number of aliphatic hydroxyl groups is 2. The summed E-state index contributed by atoms with van der Waals surface area (Å²) in [6, 6.07) is 0. The molecule has 2 N–H and O–H groups in total. The molecule has 0 aliphatic carbocycles. The molecule has 0 amide bonds. The number of aliphatic hydroxyl groups excluding tert-OH is 2. The maximum atomic E-state index is 8.56. The predicted molar refractivity (Wildman–Crippen MR) is 50.7 cm³/mol. The lowest BCUT2D eigenvalue weighted by Gasteiger charge is -2.11.